The molecule has 108 valence electrons. The predicted molar refractivity (Wildman–Crippen MR) is 79.5 cm³/mol. The molecule has 0 unspecified atom stereocenters. The van der Waals surface area contributed by atoms with Gasteiger partial charge < -0.3 is 10.3 Å². The normalized spacial score (nSPS) is 11.3. The SMILES string of the molecule is CCNc1cc(C)c(S(=O)(=O)Nc2ncc[nH]2)c(C)c1. The summed E-state index contributed by atoms with van der Waals surface area (Å²) >= 11 is 0. The third-order valence-electron chi connectivity index (χ3n) is 2.84. The number of sulfonamides is 1. The maximum Gasteiger partial charge on any atom is 0.264 e. The van der Waals surface area contributed by atoms with E-state index in [-0.39, 0.29) is 10.8 Å². The molecule has 0 bridgehead atoms. The van der Waals surface area contributed by atoms with E-state index < -0.39 is 10.0 Å². The van der Waals surface area contributed by atoms with E-state index in [4.69, 9.17) is 0 Å². The second-order valence-corrected chi connectivity index (χ2v) is 6.13. The molecule has 0 fully saturated rings. The molecule has 0 aliphatic heterocycles. The average Bonchev–Trinajstić information content (AvgIpc) is 2.79. The average molecular weight is 294 g/mol. The summed E-state index contributed by atoms with van der Waals surface area (Å²) in [5, 5.41) is 3.18. The number of nitrogens with zero attached hydrogens (tertiary/aromatic N) is 1. The van der Waals surface area contributed by atoms with Crippen LogP contribution in [0.2, 0.25) is 0 Å². The van der Waals surface area contributed by atoms with Gasteiger partial charge in [-0.05, 0) is 44.0 Å². The van der Waals surface area contributed by atoms with Gasteiger partial charge in [0.05, 0.1) is 4.90 Å². The summed E-state index contributed by atoms with van der Waals surface area (Å²) in [7, 11) is -3.65. The lowest BCUT2D eigenvalue weighted by atomic mass is 10.1. The Hall–Kier alpha value is -2.02. The zero-order valence-corrected chi connectivity index (χ0v) is 12.5. The molecule has 1 aromatic carbocycles. The van der Waals surface area contributed by atoms with Crippen LogP contribution in [0.4, 0.5) is 11.6 Å². The number of hydrogen-bond donors (Lipinski definition) is 3. The summed E-state index contributed by atoms with van der Waals surface area (Å²) in [5.74, 6) is 0.208. The van der Waals surface area contributed by atoms with Gasteiger partial charge in [-0.2, -0.15) is 0 Å². The highest BCUT2D eigenvalue weighted by molar-refractivity contribution is 7.92. The minimum absolute atomic E-state index is 0.208. The van der Waals surface area contributed by atoms with Crippen LogP contribution in [0.15, 0.2) is 29.4 Å². The summed E-state index contributed by atoms with van der Waals surface area (Å²) in [5.41, 5.74) is 2.31. The number of aryl methyl sites for hydroxylation is 2. The number of anilines is 2. The molecule has 0 saturated heterocycles. The van der Waals surface area contributed by atoms with Gasteiger partial charge in [0, 0.05) is 24.6 Å². The Morgan fingerprint density at radius 2 is 1.90 bits per heavy atom. The topological polar surface area (TPSA) is 86.9 Å². The molecule has 20 heavy (non-hydrogen) atoms. The smallest absolute Gasteiger partial charge is 0.264 e. The van der Waals surface area contributed by atoms with E-state index in [1.165, 1.54) is 6.20 Å². The van der Waals surface area contributed by atoms with Crippen LogP contribution in [0.25, 0.3) is 0 Å². The largest absolute Gasteiger partial charge is 0.385 e. The maximum absolute atomic E-state index is 12.4. The van der Waals surface area contributed by atoms with E-state index in [0.29, 0.717) is 11.1 Å². The van der Waals surface area contributed by atoms with Gasteiger partial charge in [0.25, 0.3) is 10.0 Å². The molecular weight excluding hydrogens is 276 g/mol. The van der Waals surface area contributed by atoms with Crippen molar-refractivity contribution in [3.05, 3.63) is 35.7 Å². The fourth-order valence-corrected chi connectivity index (χ4v) is 3.61. The zero-order chi connectivity index (χ0) is 14.8. The van der Waals surface area contributed by atoms with Crippen LogP contribution in [0.5, 0.6) is 0 Å². The summed E-state index contributed by atoms with van der Waals surface area (Å²) in [6.07, 6.45) is 3.05. The van der Waals surface area contributed by atoms with Crippen molar-refractivity contribution < 1.29 is 8.42 Å². The molecule has 0 saturated carbocycles. The van der Waals surface area contributed by atoms with Crippen LogP contribution in [0, 0.1) is 13.8 Å². The van der Waals surface area contributed by atoms with Crippen molar-refractivity contribution in [2.24, 2.45) is 0 Å². The monoisotopic (exact) mass is 294 g/mol. The predicted octanol–water partition coefficient (Wildman–Crippen LogP) is 2.26. The van der Waals surface area contributed by atoms with E-state index >= 15 is 0 Å². The summed E-state index contributed by atoms with van der Waals surface area (Å²) in [4.78, 5) is 6.88. The molecule has 0 spiro atoms. The summed E-state index contributed by atoms with van der Waals surface area (Å²) in [6.45, 7) is 6.35. The third kappa shape index (κ3) is 2.93. The Bertz CT molecular complexity index is 670. The molecule has 0 amide bonds. The molecule has 0 radical (unpaired) electrons. The minimum Gasteiger partial charge on any atom is -0.385 e. The van der Waals surface area contributed by atoms with E-state index in [0.717, 1.165) is 12.2 Å². The van der Waals surface area contributed by atoms with E-state index in [9.17, 15) is 8.42 Å². The van der Waals surface area contributed by atoms with Crippen molar-refractivity contribution in [3.63, 3.8) is 0 Å². The molecule has 6 nitrogen and oxygen atoms in total. The molecule has 0 aliphatic carbocycles. The number of rotatable bonds is 5. The minimum atomic E-state index is -3.65. The van der Waals surface area contributed by atoms with Crippen molar-refractivity contribution in [1.29, 1.82) is 0 Å². The van der Waals surface area contributed by atoms with E-state index in [1.54, 1.807) is 20.0 Å². The fourth-order valence-electron chi connectivity index (χ4n) is 2.18. The Morgan fingerprint density at radius 1 is 1.25 bits per heavy atom. The Balaban J connectivity index is 2.41. The van der Waals surface area contributed by atoms with Crippen LogP contribution in [-0.4, -0.2) is 24.9 Å². The molecule has 2 aromatic rings. The van der Waals surface area contributed by atoms with Gasteiger partial charge in [0.1, 0.15) is 0 Å². The molecule has 7 heteroatoms. The quantitative estimate of drug-likeness (QED) is 0.789. The van der Waals surface area contributed by atoms with Gasteiger partial charge in [0.15, 0.2) is 0 Å². The summed E-state index contributed by atoms with van der Waals surface area (Å²) < 4.78 is 27.3. The third-order valence-corrected chi connectivity index (χ3v) is 4.48. The van der Waals surface area contributed by atoms with Crippen LogP contribution in [-0.2, 0) is 10.0 Å². The van der Waals surface area contributed by atoms with Crippen molar-refractivity contribution in [3.8, 4) is 0 Å². The van der Waals surface area contributed by atoms with Gasteiger partial charge in [-0.3, -0.25) is 0 Å². The van der Waals surface area contributed by atoms with Crippen LogP contribution in [0.3, 0.4) is 0 Å². The number of imidazole rings is 1. The lowest BCUT2D eigenvalue weighted by molar-refractivity contribution is 0.599. The first-order chi connectivity index (χ1) is 9.44. The fraction of sp³-hybridized carbons (Fsp3) is 0.308. The lowest BCUT2D eigenvalue weighted by Crippen LogP contribution is -2.17. The van der Waals surface area contributed by atoms with Gasteiger partial charge in [-0.15, -0.1) is 0 Å². The first-order valence-corrected chi connectivity index (χ1v) is 7.79. The van der Waals surface area contributed by atoms with E-state index in [2.05, 4.69) is 20.0 Å². The first kappa shape index (κ1) is 14.4. The zero-order valence-electron chi connectivity index (χ0n) is 11.7. The first-order valence-electron chi connectivity index (χ1n) is 6.31. The second-order valence-electron chi connectivity index (χ2n) is 4.51. The van der Waals surface area contributed by atoms with Crippen LogP contribution in [0.1, 0.15) is 18.1 Å². The lowest BCUT2D eigenvalue weighted by Gasteiger charge is -2.14. The van der Waals surface area contributed by atoms with Crippen LogP contribution >= 0.6 is 0 Å². The van der Waals surface area contributed by atoms with E-state index in [1.807, 2.05) is 19.1 Å². The molecular formula is C13H18N4O2S. The van der Waals surface area contributed by atoms with Gasteiger partial charge in [0.2, 0.25) is 5.95 Å². The molecule has 1 heterocycles. The highest BCUT2D eigenvalue weighted by atomic mass is 32.2. The van der Waals surface area contributed by atoms with Gasteiger partial charge in [-0.25, -0.2) is 18.1 Å². The maximum atomic E-state index is 12.4. The Morgan fingerprint density at radius 3 is 2.40 bits per heavy atom. The number of hydrogen-bond acceptors (Lipinski definition) is 4. The molecule has 2 rings (SSSR count). The number of nitrogens with one attached hydrogen (secondary N) is 3. The number of benzene rings is 1. The second kappa shape index (κ2) is 5.54. The van der Waals surface area contributed by atoms with Crippen molar-refractivity contribution >= 4 is 21.7 Å². The Kier molecular flexibility index (Phi) is 3.99. The molecule has 0 atom stereocenters. The highest BCUT2D eigenvalue weighted by Crippen LogP contribution is 2.25. The van der Waals surface area contributed by atoms with Gasteiger partial charge in [-0.1, -0.05) is 0 Å². The molecule has 1 aromatic heterocycles. The van der Waals surface area contributed by atoms with Crippen molar-refractivity contribution in [2.45, 2.75) is 25.7 Å². The Labute approximate surface area is 118 Å². The summed E-state index contributed by atoms with van der Waals surface area (Å²) in [6, 6.07) is 3.65. The van der Waals surface area contributed by atoms with Crippen molar-refractivity contribution in [2.75, 3.05) is 16.6 Å². The number of H-pyrrole nitrogens is 1. The highest BCUT2D eigenvalue weighted by Gasteiger charge is 2.21. The van der Waals surface area contributed by atoms with Crippen LogP contribution < -0.4 is 10.0 Å². The molecule has 3 N–H and O–H groups in total. The molecule has 0 aliphatic rings. The standard InChI is InChI=1S/C13H18N4O2S/c1-4-14-11-7-9(2)12(10(3)8-11)20(18,19)17-13-15-5-6-16-13/h5-8,14H,4H2,1-3H3,(H2,15,16,17). The van der Waals surface area contributed by atoms with Gasteiger partial charge >= 0.3 is 0 Å². The number of aromatic nitrogens is 2. The number of aromatic amines is 1. The van der Waals surface area contributed by atoms with Crippen molar-refractivity contribution in [1.82, 2.24) is 9.97 Å².